The molecule has 3 rings (SSSR count). The number of aliphatic hydroxyl groups is 1. The van der Waals surface area contributed by atoms with Gasteiger partial charge in [0, 0.05) is 24.8 Å². The fraction of sp³-hybridized carbons (Fsp3) is 0.353. The molecular formula is C17H20N6O4S3. The summed E-state index contributed by atoms with van der Waals surface area (Å²) in [6.07, 6.45) is 1.83. The number of benzene rings is 1. The number of carbonyl (C=O) groups excluding carboxylic acids is 1. The minimum atomic E-state index is -3.27. The monoisotopic (exact) mass is 468 g/mol. The largest absolute Gasteiger partial charge is 0.395 e. The van der Waals surface area contributed by atoms with Crippen LogP contribution in [0.15, 0.2) is 34.3 Å². The summed E-state index contributed by atoms with van der Waals surface area (Å²) in [5.41, 5.74) is 0.707. The van der Waals surface area contributed by atoms with E-state index in [0.717, 1.165) is 12.1 Å². The first-order chi connectivity index (χ1) is 14.3. The molecule has 160 valence electrons. The molecule has 3 aromatic rings. The lowest BCUT2D eigenvalue weighted by molar-refractivity contribution is -0.113. The summed E-state index contributed by atoms with van der Waals surface area (Å²) in [5.74, 6) is 0.583. The second-order valence-electron chi connectivity index (χ2n) is 6.17. The van der Waals surface area contributed by atoms with Crippen LogP contribution in [0.2, 0.25) is 0 Å². The van der Waals surface area contributed by atoms with Crippen molar-refractivity contribution in [3.05, 3.63) is 30.1 Å². The van der Waals surface area contributed by atoms with Crippen molar-refractivity contribution in [3.8, 4) is 10.6 Å². The number of aromatic nitrogens is 5. The van der Waals surface area contributed by atoms with Gasteiger partial charge in [-0.05, 0) is 12.1 Å². The number of nitrogens with one attached hydrogen (secondary N) is 1. The molecule has 10 nitrogen and oxygen atoms in total. The van der Waals surface area contributed by atoms with E-state index in [9.17, 15) is 18.3 Å². The van der Waals surface area contributed by atoms with Gasteiger partial charge >= 0.3 is 0 Å². The second kappa shape index (κ2) is 9.64. The predicted molar refractivity (Wildman–Crippen MR) is 114 cm³/mol. The molecule has 1 aromatic carbocycles. The molecule has 2 N–H and O–H groups in total. The smallest absolute Gasteiger partial charge is 0.236 e. The Labute approximate surface area is 181 Å². The van der Waals surface area contributed by atoms with Gasteiger partial charge in [-0.1, -0.05) is 42.2 Å². The molecule has 0 spiro atoms. The van der Waals surface area contributed by atoms with Crippen LogP contribution < -0.4 is 5.32 Å². The Morgan fingerprint density at radius 3 is 2.57 bits per heavy atom. The van der Waals surface area contributed by atoms with E-state index in [1.165, 1.54) is 35.2 Å². The van der Waals surface area contributed by atoms with E-state index < -0.39 is 9.84 Å². The summed E-state index contributed by atoms with van der Waals surface area (Å²) >= 11 is 2.41. The van der Waals surface area contributed by atoms with Crippen molar-refractivity contribution in [2.75, 3.05) is 23.9 Å². The van der Waals surface area contributed by atoms with Crippen LogP contribution >= 0.6 is 23.1 Å². The van der Waals surface area contributed by atoms with E-state index >= 15 is 0 Å². The first-order valence-corrected chi connectivity index (χ1v) is 12.6. The lowest BCUT2D eigenvalue weighted by Crippen LogP contribution is -2.15. The lowest BCUT2D eigenvalue weighted by Gasteiger charge is -2.06. The Morgan fingerprint density at radius 2 is 1.93 bits per heavy atom. The standard InChI is InChI=1S/C17H20N6O4S3/c1-3-13-19-22-17(23(13)8-9-24)28-10-14(25)18-16-21-20-15(29-16)11-4-6-12(7-5-11)30(2,26)27/h4-7,24H,3,8-10H2,1-2H3,(H,18,21,25). The van der Waals surface area contributed by atoms with Crippen LogP contribution in [-0.4, -0.2) is 63.0 Å². The number of amides is 1. The molecule has 0 atom stereocenters. The Kier molecular flexibility index (Phi) is 7.18. The number of nitrogens with zero attached hydrogens (tertiary/aromatic N) is 5. The number of thioether (sulfide) groups is 1. The molecule has 0 aliphatic carbocycles. The minimum absolute atomic E-state index is 0.0382. The molecule has 2 heterocycles. The third-order valence-electron chi connectivity index (χ3n) is 3.97. The SMILES string of the molecule is CCc1nnc(SCC(=O)Nc2nnc(-c3ccc(S(C)(=O)=O)cc3)s2)n1CCO. The number of carbonyl (C=O) groups is 1. The normalized spacial score (nSPS) is 11.6. The van der Waals surface area contributed by atoms with Crippen LogP contribution in [0.4, 0.5) is 5.13 Å². The fourth-order valence-corrected chi connectivity index (χ4v) is 4.71. The Balaban J connectivity index is 1.61. The van der Waals surface area contributed by atoms with E-state index in [-0.39, 0.29) is 23.2 Å². The first kappa shape index (κ1) is 22.3. The molecule has 1 amide bonds. The number of aryl methyl sites for hydroxylation is 1. The molecule has 0 aliphatic heterocycles. The predicted octanol–water partition coefficient (Wildman–Crippen LogP) is 1.49. The topological polar surface area (TPSA) is 140 Å². The summed E-state index contributed by atoms with van der Waals surface area (Å²) in [7, 11) is -3.27. The van der Waals surface area contributed by atoms with Gasteiger partial charge in [0.05, 0.1) is 17.3 Å². The van der Waals surface area contributed by atoms with E-state index in [1.807, 2.05) is 6.92 Å². The van der Waals surface area contributed by atoms with Gasteiger partial charge in [-0.3, -0.25) is 10.1 Å². The second-order valence-corrected chi connectivity index (χ2v) is 10.1. The molecule has 0 aliphatic rings. The molecule has 13 heteroatoms. The van der Waals surface area contributed by atoms with Crippen molar-refractivity contribution in [1.29, 1.82) is 0 Å². The fourth-order valence-electron chi connectivity index (χ4n) is 2.53. The number of rotatable bonds is 9. The number of aliphatic hydroxyl groups excluding tert-OH is 1. The Morgan fingerprint density at radius 1 is 1.20 bits per heavy atom. The number of sulfone groups is 1. The zero-order valence-electron chi connectivity index (χ0n) is 16.3. The molecule has 0 fully saturated rings. The maximum atomic E-state index is 12.3. The molecule has 0 bridgehead atoms. The van der Waals surface area contributed by atoms with Gasteiger partial charge in [0.15, 0.2) is 15.0 Å². The van der Waals surface area contributed by atoms with Gasteiger partial charge in [0.25, 0.3) is 0 Å². The number of hydrogen-bond acceptors (Lipinski definition) is 10. The molecule has 0 saturated heterocycles. The van der Waals surface area contributed by atoms with Gasteiger partial charge in [-0.15, -0.1) is 20.4 Å². The Hall–Kier alpha value is -2.35. The van der Waals surface area contributed by atoms with Crippen LogP contribution in [0.5, 0.6) is 0 Å². The average molecular weight is 469 g/mol. The van der Waals surface area contributed by atoms with Gasteiger partial charge < -0.3 is 9.67 Å². The summed E-state index contributed by atoms with van der Waals surface area (Å²) in [6.45, 7) is 2.28. The Bertz CT molecular complexity index is 1120. The van der Waals surface area contributed by atoms with Crippen molar-refractivity contribution in [3.63, 3.8) is 0 Å². The molecular weight excluding hydrogens is 448 g/mol. The average Bonchev–Trinajstić information content (AvgIpc) is 3.33. The summed E-state index contributed by atoms with van der Waals surface area (Å²) in [6, 6.07) is 6.32. The van der Waals surface area contributed by atoms with Crippen LogP contribution in [-0.2, 0) is 27.6 Å². The zero-order chi connectivity index (χ0) is 21.7. The van der Waals surface area contributed by atoms with Crippen LogP contribution in [0.25, 0.3) is 10.6 Å². The molecule has 30 heavy (non-hydrogen) atoms. The van der Waals surface area contributed by atoms with E-state index in [0.29, 0.717) is 33.8 Å². The van der Waals surface area contributed by atoms with Gasteiger partial charge in [0.1, 0.15) is 10.8 Å². The van der Waals surface area contributed by atoms with Crippen molar-refractivity contribution in [2.24, 2.45) is 0 Å². The quantitative estimate of drug-likeness (QED) is 0.447. The number of hydrogen-bond donors (Lipinski definition) is 2. The van der Waals surface area contributed by atoms with E-state index in [1.54, 1.807) is 16.7 Å². The maximum absolute atomic E-state index is 12.3. The van der Waals surface area contributed by atoms with Crippen LogP contribution in [0.3, 0.4) is 0 Å². The van der Waals surface area contributed by atoms with Crippen molar-refractivity contribution >= 4 is 44.0 Å². The van der Waals surface area contributed by atoms with Crippen LogP contribution in [0, 0.1) is 0 Å². The highest BCUT2D eigenvalue weighted by Gasteiger charge is 2.15. The van der Waals surface area contributed by atoms with E-state index in [2.05, 4.69) is 25.7 Å². The van der Waals surface area contributed by atoms with E-state index in [4.69, 9.17) is 0 Å². The minimum Gasteiger partial charge on any atom is -0.395 e. The highest BCUT2D eigenvalue weighted by molar-refractivity contribution is 7.99. The highest BCUT2D eigenvalue weighted by atomic mass is 32.2. The van der Waals surface area contributed by atoms with Gasteiger partial charge in [-0.25, -0.2) is 8.42 Å². The molecule has 0 saturated carbocycles. The zero-order valence-corrected chi connectivity index (χ0v) is 18.7. The van der Waals surface area contributed by atoms with Crippen LogP contribution in [0.1, 0.15) is 12.7 Å². The molecule has 2 aromatic heterocycles. The highest BCUT2D eigenvalue weighted by Crippen LogP contribution is 2.27. The maximum Gasteiger partial charge on any atom is 0.236 e. The molecule has 0 unspecified atom stereocenters. The van der Waals surface area contributed by atoms with Crippen molar-refractivity contribution in [2.45, 2.75) is 29.9 Å². The van der Waals surface area contributed by atoms with Gasteiger partial charge in [-0.2, -0.15) is 0 Å². The summed E-state index contributed by atoms with van der Waals surface area (Å²) < 4.78 is 24.9. The summed E-state index contributed by atoms with van der Waals surface area (Å²) in [5, 5.41) is 29.5. The summed E-state index contributed by atoms with van der Waals surface area (Å²) in [4.78, 5) is 12.5. The number of anilines is 1. The third-order valence-corrected chi connectivity index (χ3v) is 6.95. The molecule has 0 radical (unpaired) electrons. The third kappa shape index (κ3) is 5.41. The first-order valence-electron chi connectivity index (χ1n) is 8.91. The van der Waals surface area contributed by atoms with Crippen molar-refractivity contribution < 1.29 is 18.3 Å². The van der Waals surface area contributed by atoms with Crippen molar-refractivity contribution in [1.82, 2.24) is 25.0 Å². The lowest BCUT2D eigenvalue weighted by atomic mass is 10.2. The van der Waals surface area contributed by atoms with Gasteiger partial charge in [0.2, 0.25) is 11.0 Å².